The minimum absolute atomic E-state index is 0.00704. The highest BCUT2D eigenvalue weighted by Crippen LogP contribution is 2.17. The summed E-state index contributed by atoms with van der Waals surface area (Å²) in [5.41, 5.74) is 1.78. The molecule has 16 heavy (non-hydrogen) atoms. The Labute approximate surface area is 98.3 Å². The lowest BCUT2D eigenvalue weighted by Gasteiger charge is -2.14. The Balaban J connectivity index is 2.21. The van der Waals surface area contributed by atoms with Crippen LogP contribution < -0.4 is 5.32 Å². The minimum atomic E-state index is -0.00704. The maximum Gasteiger partial charge on any atom is 0.0974 e. The van der Waals surface area contributed by atoms with E-state index in [0.29, 0.717) is 0 Å². The van der Waals surface area contributed by atoms with Crippen molar-refractivity contribution in [1.82, 2.24) is 24.0 Å². The van der Waals surface area contributed by atoms with E-state index in [0.717, 1.165) is 24.4 Å². The molecule has 0 saturated carbocycles. The molecule has 0 aliphatic heterocycles. The molecule has 0 radical (unpaired) electrons. The molecule has 0 aliphatic rings. The Bertz CT molecular complexity index is 402. The maximum absolute atomic E-state index is 4.30. The molecule has 0 aliphatic carbocycles. The van der Waals surface area contributed by atoms with E-state index >= 15 is 0 Å². The fourth-order valence-electron chi connectivity index (χ4n) is 1.41. The first-order chi connectivity index (χ1) is 7.92. The summed E-state index contributed by atoms with van der Waals surface area (Å²) in [5, 5.41) is 3.39. The van der Waals surface area contributed by atoms with Gasteiger partial charge < -0.3 is 5.32 Å². The molecule has 0 bridgehead atoms. The smallest absolute Gasteiger partial charge is 0.0974 e. The Morgan fingerprint density at radius 2 is 2.25 bits per heavy atom. The van der Waals surface area contributed by atoms with Gasteiger partial charge in [-0.15, -0.1) is 0 Å². The highest BCUT2D eigenvalue weighted by Gasteiger charge is 2.17. The van der Waals surface area contributed by atoms with Crippen molar-refractivity contribution in [2.75, 3.05) is 6.54 Å². The lowest BCUT2D eigenvalue weighted by Crippen LogP contribution is -2.24. The zero-order valence-corrected chi connectivity index (χ0v) is 9.81. The monoisotopic (exact) mass is 235 g/mol. The van der Waals surface area contributed by atoms with Crippen molar-refractivity contribution in [3.8, 4) is 0 Å². The Morgan fingerprint density at radius 1 is 1.31 bits per heavy atom. The van der Waals surface area contributed by atoms with Gasteiger partial charge >= 0.3 is 0 Å². The third-order valence-electron chi connectivity index (χ3n) is 2.15. The van der Waals surface area contributed by atoms with E-state index in [9.17, 15) is 0 Å². The average Bonchev–Trinajstić information content (AvgIpc) is 2.85. The number of aromatic nitrogens is 4. The van der Waals surface area contributed by atoms with Gasteiger partial charge in [-0.05, 0) is 13.0 Å². The fourth-order valence-corrected chi connectivity index (χ4v) is 1.86. The topological polar surface area (TPSA) is 63.6 Å². The summed E-state index contributed by atoms with van der Waals surface area (Å²) >= 11 is 1.21. The van der Waals surface area contributed by atoms with Crippen LogP contribution in [-0.2, 0) is 0 Å². The summed E-state index contributed by atoms with van der Waals surface area (Å²) in [5.74, 6) is 0. The molecule has 2 aromatic heterocycles. The predicted molar refractivity (Wildman–Crippen MR) is 62.1 cm³/mol. The maximum atomic E-state index is 4.30. The number of hydrogen-bond acceptors (Lipinski definition) is 6. The molecular formula is C10H13N5S. The molecule has 0 amide bonds. The Hall–Kier alpha value is -1.40. The van der Waals surface area contributed by atoms with Crippen LogP contribution in [-0.4, -0.2) is 25.3 Å². The highest BCUT2D eigenvalue weighted by atomic mass is 32.1. The summed E-state index contributed by atoms with van der Waals surface area (Å²) in [6.45, 7) is 3.04. The zero-order chi connectivity index (χ0) is 11.2. The second-order valence-electron chi connectivity index (χ2n) is 3.35. The summed E-state index contributed by atoms with van der Waals surface area (Å²) < 4.78 is 8.27. The van der Waals surface area contributed by atoms with E-state index in [1.165, 1.54) is 11.7 Å². The molecule has 6 heteroatoms. The van der Waals surface area contributed by atoms with Gasteiger partial charge in [-0.1, -0.05) is 6.92 Å². The van der Waals surface area contributed by atoms with Crippen LogP contribution >= 0.6 is 11.7 Å². The normalized spacial score (nSPS) is 12.6. The molecule has 2 heterocycles. The van der Waals surface area contributed by atoms with Crippen LogP contribution in [0.5, 0.6) is 0 Å². The third-order valence-corrected chi connectivity index (χ3v) is 2.64. The van der Waals surface area contributed by atoms with Gasteiger partial charge in [0, 0.05) is 12.4 Å². The minimum Gasteiger partial charge on any atom is -0.304 e. The van der Waals surface area contributed by atoms with Crippen LogP contribution in [0.2, 0.25) is 0 Å². The number of nitrogens with zero attached hydrogens (tertiary/aromatic N) is 4. The number of rotatable bonds is 5. The van der Waals surface area contributed by atoms with Crippen LogP contribution in [0.15, 0.2) is 24.8 Å². The van der Waals surface area contributed by atoms with Gasteiger partial charge in [0.1, 0.15) is 0 Å². The van der Waals surface area contributed by atoms with E-state index in [1.807, 2.05) is 0 Å². The largest absolute Gasteiger partial charge is 0.304 e. The predicted octanol–water partition coefficient (Wildman–Crippen LogP) is 1.42. The van der Waals surface area contributed by atoms with E-state index in [4.69, 9.17) is 0 Å². The van der Waals surface area contributed by atoms with Crippen molar-refractivity contribution in [3.05, 3.63) is 36.2 Å². The van der Waals surface area contributed by atoms with Gasteiger partial charge in [0.2, 0.25) is 0 Å². The van der Waals surface area contributed by atoms with Crippen molar-refractivity contribution >= 4 is 11.7 Å². The Kier molecular flexibility index (Phi) is 3.90. The number of nitrogens with one attached hydrogen (secondary N) is 1. The SMILES string of the molecule is CCCNC(c1cnccn1)c1cnsn1. The molecule has 1 N–H and O–H groups in total. The lowest BCUT2D eigenvalue weighted by molar-refractivity contribution is 0.576. The summed E-state index contributed by atoms with van der Waals surface area (Å²) in [6, 6.07) is -0.00704. The first kappa shape index (κ1) is 11.1. The van der Waals surface area contributed by atoms with E-state index in [2.05, 4.69) is 31.0 Å². The molecule has 84 valence electrons. The van der Waals surface area contributed by atoms with Crippen LogP contribution in [0.3, 0.4) is 0 Å². The van der Waals surface area contributed by atoms with Crippen molar-refractivity contribution in [3.63, 3.8) is 0 Å². The lowest BCUT2D eigenvalue weighted by atomic mass is 10.1. The third kappa shape index (κ3) is 2.59. The Morgan fingerprint density at radius 3 is 2.88 bits per heavy atom. The van der Waals surface area contributed by atoms with Crippen LogP contribution in [0.1, 0.15) is 30.8 Å². The van der Waals surface area contributed by atoms with Crippen LogP contribution in [0, 0.1) is 0 Å². The van der Waals surface area contributed by atoms with Gasteiger partial charge in [-0.3, -0.25) is 9.97 Å². The van der Waals surface area contributed by atoms with E-state index in [1.54, 1.807) is 24.8 Å². The van der Waals surface area contributed by atoms with Crippen LogP contribution in [0.25, 0.3) is 0 Å². The van der Waals surface area contributed by atoms with E-state index < -0.39 is 0 Å². The molecule has 2 rings (SSSR count). The van der Waals surface area contributed by atoms with Gasteiger partial charge in [0.25, 0.3) is 0 Å². The molecule has 0 aromatic carbocycles. The molecule has 2 aromatic rings. The first-order valence-electron chi connectivity index (χ1n) is 5.18. The summed E-state index contributed by atoms with van der Waals surface area (Å²) in [6.07, 6.45) is 7.95. The molecule has 0 fully saturated rings. The van der Waals surface area contributed by atoms with Crippen molar-refractivity contribution in [2.45, 2.75) is 19.4 Å². The van der Waals surface area contributed by atoms with Crippen LogP contribution in [0.4, 0.5) is 0 Å². The molecule has 0 spiro atoms. The van der Waals surface area contributed by atoms with Crippen molar-refractivity contribution in [1.29, 1.82) is 0 Å². The molecule has 5 nitrogen and oxygen atoms in total. The molecular weight excluding hydrogens is 222 g/mol. The van der Waals surface area contributed by atoms with Gasteiger partial charge in [-0.2, -0.15) is 8.75 Å². The van der Waals surface area contributed by atoms with E-state index in [-0.39, 0.29) is 6.04 Å². The number of hydrogen-bond donors (Lipinski definition) is 1. The fraction of sp³-hybridized carbons (Fsp3) is 0.400. The molecule has 1 atom stereocenters. The average molecular weight is 235 g/mol. The molecule has 0 saturated heterocycles. The van der Waals surface area contributed by atoms with Gasteiger partial charge in [0.05, 0.1) is 41.6 Å². The van der Waals surface area contributed by atoms with Crippen molar-refractivity contribution in [2.24, 2.45) is 0 Å². The van der Waals surface area contributed by atoms with Crippen molar-refractivity contribution < 1.29 is 0 Å². The highest BCUT2D eigenvalue weighted by molar-refractivity contribution is 6.99. The van der Waals surface area contributed by atoms with Gasteiger partial charge in [-0.25, -0.2) is 0 Å². The molecule has 1 unspecified atom stereocenters. The standard InChI is InChI=1S/C10H13N5S/c1-2-3-13-10(9-7-14-16-15-9)8-6-11-4-5-12-8/h4-7,10,13H,2-3H2,1H3. The summed E-state index contributed by atoms with van der Waals surface area (Å²) in [7, 11) is 0. The zero-order valence-electron chi connectivity index (χ0n) is 9.00. The first-order valence-corrected chi connectivity index (χ1v) is 5.91. The summed E-state index contributed by atoms with van der Waals surface area (Å²) in [4.78, 5) is 8.38. The second kappa shape index (κ2) is 5.62. The quantitative estimate of drug-likeness (QED) is 0.849. The second-order valence-corrected chi connectivity index (χ2v) is 3.91. The van der Waals surface area contributed by atoms with Gasteiger partial charge in [0.15, 0.2) is 0 Å².